The highest BCUT2D eigenvalue weighted by Crippen LogP contribution is 2.18. The van der Waals surface area contributed by atoms with Gasteiger partial charge in [-0.15, -0.1) is 0 Å². The van der Waals surface area contributed by atoms with Crippen LogP contribution in [0.5, 0.6) is 0 Å². The van der Waals surface area contributed by atoms with Gasteiger partial charge in [0.2, 0.25) is 11.8 Å². The lowest BCUT2D eigenvalue weighted by Gasteiger charge is -2.11. The van der Waals surface area contributed by atoms with Crippen molar-refractivity contribution in [2.75, 3.05) is 0 Å². The predicted octanol–water partition coefficient (Wildman–Crippen LogP) is 2.65. The molecule has 136 valence electrons. The summed E-state index contributed by atoms with van der Waals surface area (Å²) >= 11 is 5.07. The predicted molar refractivity (Wildman–Crippen MR) is 110 cm³/mol. The number of hydrogen-bond acceptors (Lipinski definition) is 3. The second-order valence-electron chi connectivity index (χ2n) is 6.03. The highest BCUT2D eigenvalue weighted by molar-refractivity contribution is 7.80. The molecule has 0 aliphatic carbocycles. The van der Waals surface area contributed by atoms with Crippen molar-refractivity contribution in [3.63, 3.8) is 0 Å². The Balaban J connectivity index is 1.49. The molecule has 2 amide bonds. The van der Waals surface area contributed by atoms with Crippen LogP contribution in [0.2, 0.25) is 0 Å². The SMILES string of the molecule is O=C(Cc1ccccc1)NNC(=S)NC(=O)Cc1cccc2ccccc12. The van der Waals surface area contributed by atoms with Crippen LogP contribution in [0.4, 0.5) is 0 Å². The molecule has 0 aromatic heterocycles. The van der Waals surface area contributed by atoms with Gasteiger partial charge in [0, 0.05) is 0 Å². The fraction of sp³-hybridized carbons (Fsp3) is 0.0952. The first-order valence-electron chi connectivity index (χ1n) is 8.51. The summed E-state index contributed by atoms with van der Waals surface area (Å²) in [6, 6.07) is 23.1. The molecule has 3 rings (SSSR count). The van der Waals surface area contributed by atoms with Crippen molar-refractivity contribution in [3.8, 4) is 0 Å². The molecular formula is C21H19N3O2S. The molecule has 27 heavy (non-hydrogen) atoms. The molecule has 0 heterocycles. The molecular weight excluding hydrogens is 358 g/mol. The van der Waals surface area contributed by atoms with Gasteiger partial charge >= 0.3 is 0 Å². The topological polar surface area (TPSA) is 70.2 Å². The van der Waals surface area contributed by atoms with E-state index in [1.165, 1.54) is 0 Å². The van der Waals surface area contributed by atoms with E-state index in [-0.39, 0.29) is 29.8 Å². The third kappa shape index (κ3) is 5.36. The molecule has 0 radical (unpaired) electrons. The zero-order chi connectivity index (χ0) is 19.1. The van der Waals surface area contributed by atoms with E-state index >= 15 is 0 Å². The maximum Gasteiger partial charge on any atom is 0.242 e. The molecule has 0 bridgehead atoms. The average Bonchev–Trinajstić information content (AvgIpc) is 2.67. The number of hydrazine groups is 1. The van der Waals surface area contributed by atoms with Crippen molar-refractivity contribution >= 4 is 39.9 Å². The first-order chi connectivity index (χ1) is 13.1. The van der Waals surface area contributed by atoms with Crippen molar-refractivity contribution < 1.29 is 9.59 Å². The molecule has 6 heteroatoms. The van der Waals surface area contributed by atoms with E-state index in [0.717, 1.165) is 21.9 Å². The zero-order valence-corrected chi connectivity index (χ0v) is 15.4. The summed E-state index contributed by atoms with van der Waals surface area (Å²) in [5.74, 6) is -0.493. The van der Waals surface area contributed by atoms with Gasteiger partial charge in [-0.2, -0.15) is 0 Å². The Morgan fingerprint density at radius 3 is 2.26 bits per heavy atom. The summed E-state index contributed by atoms with van der Waals surface area (Å²) in [5, 5.41) is 4.75. The molecule has 0 saturated heterocycles. The Labute approximate surface area is 162 Å². The van der Waals surface area contributed by atoms with Crippen molar-refractivity contribution in [2.45, 2.75) is 12.8 Å². The van der Waals surface area contributed by atoms with E-state index in [0.29, 0.717) is 0 Å². The smallest absolute Gasteiger partial charge is 0.242 e. The van der Waals surface area contributed by atoms with E-state index in [4.69, 9.17) is 12.2 Å². The lowest BCUT2D eigenvalue weighted by atomic mass is 10.0. The summed E-state index contributed by atoms with van der Waals surface area (Å²) in [6.45, 7) is 0. The third-order valence-corrected chi connectivity index (χ3v) is 4.21. The normalized spacial score (nSPS) is 10.2. The lowest BCUT2D eigenvalue weighted by molar-refractivity contribution is -0.121. The van der Waals surface area contributed by atoms with Gasteiger partial charge in [0.15, 0.2) is 5.11 Å². The minimum Gasteiger partial charge on any atom is -0.302 e. The van der Waals surface area contributed by atoms with Crippen LogP contribution in [-0.2, 0) is 22.4 Å². The molecule has 0 atom stereocenters. The molecule has 0 spiro atoms. The van der Waals surface area contributed by atoms with Gasteiger partial charge in [-0.1, -0.05) is 72.8 Å². The maximum absolute atomic E-state index is 12.3. The van der Waals surface area contributed by atoms with Crippen molar-refractivity contribution in [3.05, 3.63) is 83.9 Å². The molecule has 0 aliphatic rings. The van der Waals surface area contributed by atoms with Crippen LogP contribution in [-0.4, -0.2) is 16.9 Å². The van der Waals surface area contributed by atoms with Crippen molar-refractivity contribution in [1.29, 1.82) is 0 Å². The number of carbonyl (C=O) groups excluding carboxylic acids is 2. The summed E-state index contributed by atoms with van der Waals surface area (Å²) < 4.78 is 0. The largest absolute Gasteiger partial charge is 0.302 e. The minimum atomic E-state index is -0.249. The first kappa shape index (κ1) is 18.5. The van der Waals surface area contributed by atoms with Gasteiger partial charge in [-0.25, -0.2) is 0 Å². The molecule has 3 N–H and O–H groups in total. The molecule has 0 aliphatic heterocycles. The number of benzene rings is 3. The Bertz CT molecular complexity index is 968. The van der Waals surface area contributed by atoms with E-state index in [2.05, 4.69) is 16.2 Å². The second-order valence-corrected chi connectivity index (χ2v) is 6.44. The number of carbonyl (C=O) groups is 2. The fourth-order valence-electron chi connectivity index (χ4n) is 2.77. The van der Waals surface area contributed by atoms with Crippen LogP contribution in [0.25, 0.3) is 10.8 Å². The van der Waals surface area contributed by atoms with E-state index in [9.17, 15) is 9.59 Å². The van der Waals surface area contributed by atoms with Gasteiger partial charge in [-0.3, -0.25) is 20.4 Å². The number of fused-ring (bicyclic) bond motifs is 1. The van der Waals surface area contributed by atoms with E-state index < -0.39 is 0 Å². The fourth-order valence-corrected chi connectivity index (χ4v) is 2.94. The number of amides is 2. The monoisotopic (exact) mass is 377 g/mol. The number of nitrogens with one attached hydrogen (secondary N) is 3. The van der Waals surface area contributed by atoms with Crippen LogP contribution in [0.1, 0.15) is 11.1 Å². The molecule has 0 unspecified atom stereocenters. The summed E-state index contributed by atoms with van der Waals surface area (Å²) in [7, 11) is 0. The third-order valence-electron chi connectivity index (χ3n) is 4.01. The second kappa shape index (κ2) is 8.91. The van der Waals surface area contributed by atoms with Gasteiger partial charge in [0.05, 0.1) is 12.8 Å². The Kier molecular flexibility index (Phi) is 6.12. The summed E-state index contributed by atoms with van der Waals surface area (Å²) in [4.78, 5) is 24.1. The minimum absolute atomic E-state index is 0.0571. The summed E-state index contributed by atoms with van der Waals surface area (Å²) in [6.07, 6.45) is 0.418. The zero-order valence-electron chi connectivity index (χ0n) is 14.6. The lowest BCUT2D eigenvalue weighted by Crippen LogP contribution is -2.49. The Hall–Kier alpha value is -3.25. The number of hydrogen-bond donors (Lipinski definition) is 3. The van der Waals surface area contributed by atoms with Crippen LogP contribution >= 0.6 is 12.2 Å². The summed E-state index contributed by atoms with van der Waals surface area (Å²) in [5.41, 5.74) is 6.85. The molecule has 3 aromatic carbocycles. The first-order valence-corrected chi connectivity index (χ1v) is 8.92. The van der Waals surface area contributed by atoms with Gasteiger partial charge in [0.25, 0.3) is 0 Å². The van der Waals surface area contributed by atoms with Crippen molar-refractivity contribution in [1.82, 2.24) is 16.2 Å². The average molecular weight is 377 g/mol. The van der Waals surface area contributed by atoms with Crippen LogP contribution < -0.4 is 16.2 Å². The van der Waals surface area contributed by atoms with E-state index in [1.807, 2.05) is 72.8 Å². The van der Waals surface area contributed by atoms with Crippen LogP contribution in [0, 0.1) is 0 Å². The Morgan fingerprint density at radius 2 is 1.44 bits per heavy atom. The Morgan fingerprint density at radius 1 is 0.741 bits per heavy atom. The van der Waals surface area contributed by atoms with Gasteiger partial charge in [0.1, 0.15) is 0 Å². The molecule has 3 aromatic rings. The van der Waals surface area contributed by atoms with Crippen molar-refractivity contribution in [2.24, 2.45) is 0 Å². The number of thiocarbonyl (C=S) groups is 1. The number of rotatable bonds is 4. The van der Waals surface area contributed by atoms with Gasteiger partial charge < -0.3 is 5.32 Å². The quantitative estimate of drug-likeness (QED) is 0.483. The highest BCUT2D eigenvalue weighted by atomic mass is 32.1. The maximum atomic E-state index is 12.3. The van der Waals surface area contributed by atoms with E-state index in [1.54, 1.807) is 0 Å². The molecule has 5 nitrogen and oxygen atoms in total. The van der Waals surface area contributed by atoms with Crippen LogP contribution in [0.3, 0.4) is 0 Å². The highest BCUT2D eigenvalue weighted by Gasteiger charge is 2.09. The molecule has 0 fully saturated rings. The van der Waals surface area contributed by atoms with Gasteiger partial charge in [-0.05, 0) is 34.1 Å². The standard InChI is InChI=1S/C21H19N3O2S/c25-19(14-17-11-6-10-16-9-4-5-12-18(16)17)22-21(27)24-23-20(26)13-15-7-2-1-3-8-15/h1-12H,13-14H2,(H,23,26)(H2,22,24,25,27). The van der Waals surface area contributed by atoms with Crippen LogP contribution in [0.15, 0.2) is 72.8 Å². The molecule has 0 saturated carbocycles.